The van der Waals surface area contributed by atoms with Gasteiger partial charge in [-0.25, -0.2) is 13.9 Å². The van der Waals surface area contributed by atoms with Crippen LogP contribution in [-0.2, 0) is 6.54 Å². The zero-order valence-electron chi connectivity index (χ0n) is 17.0. The van der Waals surface area contributed by atoms with Crippen molar-refractivity contribution in [2.75, 3.05) is 11.4 Å². The van der Waals surface area contributed by atoms with Crippen LogP contribution in [0.2, 0.25) is 0 Å². The Morgan fingerprint density at radius 1 is 1.23 bits per heavy atom. The van der Waals surface area contributed by atoms with E-state index in [9.17, 15) is 9.18 Å². The van der Waals surface area contributed by atoms with Crippen molar-refractivity contribution in [2.45, 2.75) is 51.0 Å². The molecule has 4 heterocycles. The number of benzene rings is 1. The van der Waals surface area contributed by atoms with E-state index in [4.69, 9.17) is 14.5 Å². The summed E-state index contributed by atoms with van der Waals surface area (Å²) in [5.74, 6) is 1.29. The van der Waals surface area contributed by atoms with Gasteiger partial charge in [0.2, 0.25) is 0 Å². The van der Waals surface area contributed by atoms with Crippen molar-refractivity contribution in [1.29, 1.82) is 0 Å². The van der Waals surface area contributed by atoms with Crippen molar-refractivity contribution < 1.29 is 18.7 Å². The lowest BCUT2D eigenvalue weighted by atomic mass is 10.1. The monoisotopic (exact) mass is 423 g/mol. The highest BCUT2D eigenvalue weighted by Gasteiger charge is 2.41. The van der Waals surface area contributed by atoms with Crippen molar-refractivity contribution in [2.24, 2.45) is 0 Å². The summed E-state index contributed by atoms with van der Waals surface area (Å²) in [4.78, 5) is 19.8. The highest BCUT2D eigenvalue weighted by molar-refractivity contribution is 5.99. The number of nitrogens with one attached hydrogen (secondary N) is 1. The topological polar surface area (TPSA) is 81.0 Å². The van der Waals surface area contributed by atoms with E-state index >= 15 is 0 Å². The highest BCUT2D eigenvalue weighted by atomic mass is 19.1. The van der Waals surface area contributed by atoms with Crippen molar-refractivity contribution in [3.63, 3.8) is 0 Å². The molecular weight excluding hydrogens is 401 g/mol. The Morgan fingerprint density at radius 2 is 2.13 bits per heavy atom. The minimum absolute atomic E-state index is 0.0395. The maximum atomic E-state index is 14.2. The molecule has 6 rings (SSSR count). The number of nitrogens with zero attached hydrogens (tertiary/aromatic N) is 4. The summed E-state index contributed by atoms with van der Waals surface area (Å²) in [5.41, 5.74) is 1.60. The van der Waals surface area contributed by atoms with Crippen LogP contribution in [0.25, 0.3) is 5.65 Å². The van der Waals surface area contributed by atoms with Crippen LogP contribution in [0, 0.1) is 5.82 Å². The predicted molar refractivity (Wildman–Crippen MR) is 110 cm³/mol. The first kappa shape index (κ1) is 18.4. The Labute approximate surface area is 178 Å². The third-order valence-electron chi connectivity index (χ3n) is 6.30. The molecule has 8 nitrogen and oxygen atoms in total. The molecule has 1 amide bonds. The lowest BCUT2D eigenvalue weighted by Gasteiger charge is -2.39. The highest BCUT2D eigenvalue weighted by Crippen LogP contribution is 2.42. The minimum atomic E-state index is -0.314. The fraction of sp³-hybridized carbons (Fsp3) is 0.409. The number of halogens is 1. The average molecular weight is 423 g/mol. The van der Waals surface area contributed by atoms with Gasteiger partial charge in [-0.3, -0.25) is 4.79 Å². The molecule has 3 aromatic rings. The zero-order chi connectivity index (χ0) is 21.1. The number of amides is 1. The first-order valence-electron chi connectivity index (χ1n) is 10.6. The van der Waals surface area contributed by atoms with Gasteiger partial charge in [-0.15, -0.1) is 0 Å². The van der Waals surface area contributed by atoms with Crippen LogP contribution in [-0.4, -0.2) is 45.3 Å². The second-order valence-electron chi connectivity index (χ2n) is 8.43. The maximum Gasteiger partial charge on any atom is 0.256 e. The van der Waals surface area contributed by atoms with E-state index in [-0.39, 0.29) is 30.0 Å². The lowest BCUT2D eigenvalue weighted by Crippen LogP contribution is -2.47. The van der Waals surface area contributed by atoms with E-state index in [0.29, 0.717) is 41.6 Å². The molecule has 3 aliphatic rings. The number of carbonyl (C=O) groups is 1. The Hall–Kier alpha value is -3.36. The Kier molecular flexibility index (Phi) is 4.06. The van der Waals surface area contributed by atoms with Crippen LogP contribution in [0.4, 0.5) is 10.2 Å². The van der Waals surface area contributed by atoms with E-state index < -0.39 is 0 Å². The first-order chi connectivity index (χ1) is 15.1. The van der Waals surface area contributed by atoms with Gasteiger partial charge in [0.05, 0.1) is 25.0 Å². The van der Waals surface area contributed by atoms with Gasteiger partial charge in [-0.2, -0.15) is 5.10 Å². The number of anilines is 1. The molecule has 1 fully saturated rings. The molecular formula is C22H22FN5O3. The number of aromatic nitrogens is 3. The Bertz CT molecular complexity index is 1200. The van der Waals surface area contributed by atoms with Crippen LogP contribution in [0.1, 0.15) is 42.1 Å². The van der Waals surface area contributed by atoms with E-state index in [1.165, 1.54) is 18.3 Å². The molecule has 0 saturated heterocycles. The van der Waals surface area contributed by atoms with Gasteiger partial charge in [-0.05, 0) is 44.4 Å². The van der Waals surface area contributed by atoms with E-state index in [1.807, 2.05) is 6.92 Å². The van der Waals surface area contributed by atoms with Crippen LogP contribution in [0.15, 0.2) is 30.6 Å². The van der Waals surface area contributed by atoms with Gasteiger partial charge in [-0.1, -0.05) is 0 Å². The van der Waals surface area contributed by atoms with Crippen LogP contribution >= 0.6 is 0 Å². The average Bonchev–Trinajstić information content (AvgIpc) is 3.38. The molecule has 0 spiro atoms. The fourth-order valence-electron chi connectivity index (χ4n) is 4.81. The largest absolute Gasteiger partial charge is 0.489 e. The third kappa shape index (κ3) is 2.98. The van der Waals surface area contributed by atoms with Crippen LogP contribution in [0.5, 0.6) is 11.5 Å². The molecule has 2 bridgehead atoms. The summed E-state index contributed by atoms with van der Waals surface area (Å²) in [7, 11) is 0. The van der Waals surface area contributed by atoms with Gasteiger partial charge in [0.25, 0.3) is 5.91 Å². The summed E-state index contributed by atoms with van der Waals surface area (Å²) >= 11 is 0. The van der Waals surface area contributed by atoms with E-state index in [1.54, 1.807) is 16.8 Å². The third-order valence-corrected chi connectivity index (χ3v) is 6.30. The normalized spacial score (nSPS) is 24.9. The van der Waals surface area contributed by atoms with Crippen molar-refractivity contribution in [1.82, 2.24) is 19.9 Å². The molecule has 1 N–H and O–H groups in total. The van der Waals surface area contributed by atoms with Gasteiger partial charge in [0.15, 0.2) is 17.2 Å². The summed E-state index contributed by atoms with van der Waals surface area (Å²) in [6, 6.07) is 4.69. The van der Waals surface area contributed by atoms with Gasteiger partial charge in [0, 0.05) is 12.1 Å². The second-order valence-corrected chi connectivity index (χ2v) is 8.43. The SMILES string of the molecule is C[C@H]1CNC(=O)c2cnn3cc4c(nc23)N(Cc2cc(F)ccc2O1)[C@@H]1CCC[C@H]1O4. The Balaban J connectivity index is 1.56. The maximum absolute atomic E-state index is 14.2. The molecule has 31 heavy (non-hydrogen) atoms. The summed E-state index contributed by atoms with van der Waals surface area (Å²) in [5, 5.41) is 7.19. The number of rotatable bonds is 0. The van der Waals surface area contributed by atoms with Crippen molar-refractivity contribution in [3.8, 4) is 11.5 Å². The summed E-state index contributed by atoms with van der Waals surface area (Å²) in [6.45, 7) is 2.61. The first-order valence-corrected chi connectivity index (χ1v) is 10.6. The zero-order valence-corrected chi connectivity index (χ0v) is 17.0. The number of carbonyl (C=O) groups excluding carboxylic acids is 1. The minimum Gasteiger partial charge on any atom is -0.489 e. The number of hydrogen-bond donors (Lipinski definition) is 1. The molecule has 0 radical (unpaired) electrons. The van der Waals surface area contributed by atoms with Gasteiger partial charge < -0.3 is 19.7 Å². The van der Waals surface area contributed by atoms with E-state index in [0.717, 1.165) is 24.8 Å². The number of ether oxygens (including phenoxy) is 2. The molecule has 1 aromatic carbocycles. The van der Waals surface area contributed by atoms with Crippen molar-refractivity contribution >= 4 is 17.4 Å². The molecule has 0 unspecified atom stereocenters. The van der Waals surface area contributed by atoms with Crippen LogP contribution < -0.4 is 19.7 Å². The predicted octanol–water partition coefficient (Wildman–Crippen LogP) is 2.70. The summed E-state index contributed by atoms with van der Waals surface area (Å²) < 4.78 is 28.1. The standard InChI is InChI=1S/C22H22FN5O3/c1-12-8-24-22(29)15-9-25-28-11-19-21(26-20(15)28)27(16-3-2-4-18(16)31-19)10-13-7-14(23)5-6-17(13)30-12/h5-7,9,11-12,16,18H,2-4,8,10H2,1H3,(H,24,29)/t12-,16+,18+/m0/s1. The van der Waals surface area contributed by atoms with Crippen LogP contribution in [0.3, 0.4) is 0 Å². The Morgan fingerprint density at radius 3 is 3.03 bits per heavy atom. The van der Waals surface area contributed by atoms with Gasteiger partial charge in [0.1, 0.15) is 29.3 Å². The molecule has 9 heteroatoms. The fourth-order valence-corrected chi connectivity index (χ4v) is 4.81. The van der Waals surface area contributed by atoms with Crippen molar-refractivity contribution in [3.05, 3.63) is 47.5 Å². The number of fused-ring (bicyclic) bond motifs is 3. The molecule has 3 atom stereocenters. The lowest BCUT2D eigenvalue weighted by molar-refractivity contribution is 0.0933. The molecule has 2 aliphatic heterocycles. The van der Waals surface area contributed by atoms with Gasteiger partial charge >= 0.3 is 0 Å². The van der Waals surface area contributed by atoms with E-state index in [2.05, 4.69) is 15.3 Å². The second kappa shape index (κ2) is 6.83. The smallest absolute Gasteiger partial charge is 0.256 e. The molecule has 1 aliphatic carbocycles. The molecule has 160 valence electrons. The molecule has 1 saturated carbocycles. The summed E-state index contributed by atoms with van der Waals surface area (Å²) in [6.07, 6.45) is 6.01. The molecule has 2 aromatic heterocycles. The quantitative estimate of drug-likeness (QED) is 0.599. The number of hydrogen-bond acceptors (Lipinski definition) is 6.